The molecule has 0 spiro atoms. The van der Waals surface area contributed by atoms with Gasteiger partial charge in [0.1, 0.15) is 5.75 Å². The second kappa shape index (κ2) is 15.6. The maximum atomic E-state index is 10.3. The van der Waals surface area contributed by atoms with Gasteiger partial charge in [0.15, 0.2) is 5.60 Å². The van der Waals surface area contributed by atoms with E-state index in [2.05, 4.69) is 42.0 Å². The van der Waals surface area contributed by atoms with Crippen molar-refractivity contribution in [2.75, 3.05) is 38.6 Å². The van der Waals surface area contributed by atoms with E-state index in [1.165, 1.54) is 31.4 Å². The van der Waals surface area contributed by atoms with Gasteiger partial charge in [0.2, 0.25) is 0 Å². The fourth-order valence-electron chi connectivity index (χ4n) is 3.73. The number of ether oxygens (including phenoxy) is 1. The number of hydrogen-bond acceptors (Lipinski definition) is 8. The molecule has 0 bridgehead atoms. The van der Waals surface area contributed by atoms with E-state index in [0.717, 1.165) is 42.0 Å². The summed E-state index contributed by atoms with van der Waals surface area (Å²) in [6.07, 6.45) is 3.27. The van der Waals surface area contributed by atoms with Crippen molar-refractivity contribution in [1.29, 1.82) is 0 Å². The summed E-state index contributed by atoms with van der Waals surface area (Å²) in [7, 11) is 1.71. The number of unbranched alkanes of at least 4 members (excludes halogenated alkanes) is 2. The molecule has 0 aliphatic heterocycles. The van der Waals surface area contributed by atoms with E-state index in [-0.39, 0.29) is 0 Å². The summed E-state index contributed by atoms with van der Waals surface area (Å²) in [6.45, 7) is 11.0. The molecule has 0 saturated carbocycles. The predicted octanol–water partition coefficient (Wildman–Crippen LogP) is 3.23. The normalized spacial score (nSPS) is 11.1. The highest BCUT2D eigenvalue weighted by molar-refractivity contribution is 5.94. The lowest BCUT2D eigenvalue weighted by atomic mass is 9.96. The zero-order valence-electron chi connectivity index (χ0n) is 22.0. The molecule has 0 aliphatic rings. The van der Waals surface area contributed by atoms with Crippen LogP contribution in [0, 0.1) is 6.92 Å². The smallest absolute Gasteiger partial charge is 0.336 e. The lowest BCUT2D eigenvalue weighted by Gasteiger charge is -2.18. The molecule has 0 radical (unpaired) electrons. The van der Waals surface area contributed by atoms with Gasteiger partial charge in [-0.05, 0) is 57.1 Å². The van der Waals surface area contributed by atoms with Crippen LogP contribution >= 0.6 is 0 Å². The SMILES string of the molecule is CCN(CC)CCCCCNc1cc(OC)cc2c(C)ccnc12.O=C(O)CC(O)(CC(=O)O)C(=O)O. The van der Waals surface area contributed by atoms with Gasteiger partial charge in [-0.3, -0.25) is 14.6 Å². The van der Waals surface area contributed by atoms with Crippen LogP contribution in [0.2, 0.25) is 0 Å². The van der Waals surface area contributed by atoms with Crippen molar-refractivity contribution in [2.45, 2.75) is 58.5 Å². The van der Waals surface area contributed by atoms with Gasteiger partial charge in [0.05, 0.1) is 31.2 Å². The number of carbonyl (C=O) groups is 3. The van der Waals surface area contributed by atoms with Crippen LogP contribution in [0.25, 0.3) is 10.9 Å². The molecule has 0 unspecified atom stereocenters. The number of benzene rings is 1. The molecule has 5 N–H and O–H groups in total. The van der Waals surface area contributed by atoms with Crippen molar-refractivity contribution in [3.05, 3.63) is 30.0 Å². The van der Waals surface area contributed by atoms with Gasteiger partial charge in [-0.25, -0.2) is 4.79 Å². The van der Waals surface area contributed by atoms with Crippen LogP contribution in [0.5, 0.6) is 5.75 Å². The Kier molecular flexibility index (Phi) is 13.3. The number of rotatable bonds is 15. The molecule has 11 heteroatoms. The van der Waals surface area contributed by atoms with Crippen molar-refractivity contribution in [3.63, 3.8) is 0 Å². The Morgan fingerprint density at radius 3 is 2.16 bits per heavy atom. The molecule has 2 aromatic rings. The lowest BCUT2D eigenvalue weighted by Crippen LogP contribution is -2.42. The Labute approximate surface area is 217 Å². The van der Waals surface area contributed by atoms with Crippen molar-refractivity contribution >= 4 is 34.5 Å². The van der Waals surface area contributed by atoms with E-state index >= 15 is 0 Å². The summed E-state index contributed by atoms with van der Waals surface area (Å²) in [5, 5.41) is 38.5. The average Bonchev–Trinajstić information content (AvgIpc) is 2.83. The number of aliphatic hydroxyl groups is 1. The van der Waals surface area contributed by atoms with Crippen LogP contribution in [0.15, 0.2) is 24.4 Å². The molecular formula is C26H39N3O8. The molecule has 0 saturated heterocycles. The van der Waals surface area contributed by atoms with Gasteiger partial charge in [-0.1, -0.05) is 20.3 Å². The standard InChI is InChI=1S/C20H31N3O.C6H8O7/c1-5-23(6-2)13-9-7-8-11-21-19-15-17(24-4)14-18-16(3)10-12-22-20(18)19;7-3(8)1-6(13,5(11)12)2-4(9)10/h10,12,14-15,21H,5-9,11,13H2,1-4H3;13H,1-2H2,(H,7,8)(H,9,10)(H,11,12). The van der Waals surface area contributed by atoms with Crippen LogP contribution in [-0.2, 0) is 14.4 Å². The maximum absolute atomic E-state index is 10.3. The van der Waals surface area contributed by atoms with Gasteiger partial charge in [0, 0.05) is 24.2 Å². The van der Waals surface area contributed by atoms with Crippen LogP contribution in [-0.4, -0.2) is 87.1 Å². The molecule has 0 amide bonds. The minimum atomic E-state index is -2.74. The number of methoxy groups -OCH3 is 1. The van der Waals surface area contributed by atoms with E-state index in [4.69, 9.17) is 25.2 Å². The first kappa shape index (κ1) is 31.6. The maximum Gasteiger partial charge on any atom is 0.336 e. The highest BCUT2D eigenvalue weighted by Crippen LogP contribution is 2.29. The van der Waals surface area contributed by atoms with Gasteiger partial charge in [-0.2, -0.15) is 0 Å². The molecule has 0 atom stereocenters. The largest absolute Gasteiger partial charge is 0.497 e. The molecule has 2 rings (SSSR count). The molecular weight excluding hydrogens is 482 g/mol. The zero-order valence-corrected chi connectivity index (χ0v) is 22.0. The highest BCUT2D eigenvalue weighted by Gasteiger charge is 2.40. The number of carboxylic acids is 3. The van der Waals surface area contributed by atoms with Crippen molar-refractivity contribution in [1.82, 2.24) is 9.88 Å². The second-order valence-corrected chi connectivity index (χ2v) is 8.69. The van der Waals surface area contributed by atoms with Crippen molar-refractivity contribution in [3.8, 4) is 5.75 Å². The molecule has 37 heavy (non-hydrogen) atoms. The predicted molar refractivity (Wildman–Crippen MR) is 140 cm³/mol. The topological polar surface area (TPSA) is 170 Å². The van der Waals surface area contributed by atoms with Crippen molar-refractivity contribution in [2.24, 2.45) is 0 Å². The summed E-state index contributed by atoms with van der Waals surface area (Å²) in [5.41, 5.74) is 0.578. The van der Waals surface area contributed by atoms with E-state index < -0.39 is 36.4 Å². The molecule has 1 heterocycles. The summed E-state index contributed by atoms with van der Waals surface area (Å²) in [5.74, 6) is -4.14. The number of nitrogens with zero attached hydrogens (tertiary/aromatic N) is 2. The molecule has 0 aliphatic carbocycles. The first-order valence-corrected chi connectivity index (χ1v) is 12.3. The highest BCUT2D eigenvalue weighted by atomic mass is 16.5. The number of hydrogen-bond donors (Lipinski definition) is 5. The fraction of sp³-hybridized carbons (Fsp3) is 0.538. The average molecular weight is 522 g/mol. The van der Waals surface area contributed by atoms with Gasteiger partial charge >= 0.3 is 17.9 Å². The monoisotopic (exact) mass is 521 g/mol. The number of nitrogens with one attached hydrogen (secondary N) is 1. The Hall–Kier alpha value is -3.44. The molecule has 0 fully saturated rings. The van der Waals surface area contributed by atoms with E-state index in [0.29, 0.717) is 0 Å². The Bertz CT molecular complexity index is 1020. The number of pyridine rings is 1. The van der Waals surface area contributed by atoms with Crippen LogP contribution < -0.4 is 10.1 Å². The number of aromatic nitrogens is 1. The number of aliphatic carboxylic acids is 3. The first-order valence-electron chi connectivity index (χ1n) is 12.3. The molecule has 206 valence electrons. The van der Waals surface area contributed by atoms with Crippen molar-refractivity contribution < 1.29 is 39.5 Å². The molecule has 11 nitrogen and oxygen atoms in total. The Morgan fingerprint density at radius 1 is 1.03 bits per heavy atom. The third kappa shape index (κ3) is 10.6. The van der Waals surface area contributed by atoms with E-state index in [1.54, 1.807) is 7.11 Å². The van der Waals surface area contributed by atoms with E-state index in [9.17, 15) is 14.4 Å². The number of fused-ring (bicyclic) bond motifs is 1. The van der Waals surface area contributed by atoms with Gasteiger partial charge in [0.25, 0.3) is 0 Å². The second-order valence-electron chi connectivity index (χ2n) is 8.69. The lowest BCUT2D eigenvalue weighted by molar-refractivity contribution is -0.170. The first-order chi connectivity index (χ1) is 17.5. The zero-order chi connectivity index (χ0) is 28.0. The number of anilines is 1. The van der Waals surface area contributed by atoms with Crippen LogP contribution in [0.3, 0.4) is 0 Å². The molecule has 1 aromatic carbocycles. The minimum Gasteiger partial charge on any atom is -0.497 e. The van der Waals surface area contributed by atoms with Crippen LogP contribution in [0.4, 0.5) is 5.69 Å². The Balaban J connectivity index is 0.000000448. The summed E-state index contributed by atoms with van der Waals surface area (Å²) in [4.78, 5) is 37.5. The third-order valence-electron chi connectivity index (χ3n) is 5.92. The summed E-state index contributed by atoms with van der Waals surface area (Å²) in [6, 6.07) is 6.15. The van der Waals surface area contributed by atoms with Crippen LogP contribution in [0.1, 0.15) is 51.5 Å². The number of carboxylic acid groups (broad SMARTS) is 3. The third-order valence-corrected chi connectivity index (χ3v) is 5.92. The fourth-order valence-corrected chi connectivity index (χ4v) is 3.73. The Morgan fingerprint density at radius 2 is 1.65 bits per heavy atom. The van der Waals surface area contributed by atoms with E-state index in [1.807, 2.05) is 18.3 Å². The summed E-state index contributed by atoms with van der Waals surface area (Å²) < 4.78 is 5.44. The van der Waals surface area contributed by atoms with Gasteiger partial charge < -0.3 is 35.4 Å². The summed E-state index contributed by atoms with van der Waals surface area (Å²) >= 11 is 0. The minimum absolute atomic E-state index is 0.877. The molecule has 1 aromatic heterocycles. The quantitative estimate of drug-likeness (QED) is 0.218. The number of aryl methyl sites for hydroxylation is 1. The van der Waals surface area contributed by atoms with Gasteiger partial charge in [-0.15, -0.1) is 0 Å².